The molecule has 2 aromatic carbocycles. The number of benzene rings is 2. The Bertz CT molecular complexity index is 982. The number of amides is 2. The predicted molar refractivity (Wildman–Crippen MR) is 121 cm³/mol. The van der Waals surface area contributed by atoms with Crippen LogP contribution < -0.4 is 10.2 Å². The lowest BCUT2D eigenvalue weighted by Crippen LogP contribution is -2.51. The number of thioether (sulfide) groups is 1. The summed E-state index contributed by atoms with van der Waals surface area (Å²) >= 11 is 1.04. The van der Waals surface area contributed by atoms with Gasteiger partial charge in [0.1, 0.15) is 10.8 Å². The van der Waals surface area contributed by atoms with Crippen LogP contribution in [0.1, 0.15) is 31.7 Å². The molecule has 2 fully saturated rings. The van der Waals surface area contributed by atoms with Crippen molar-refractivity contribution >= 4 is 34.6 Å². The molecule has 162 valence electrons. The molecular formula is C24H26N2O4S. The van der Waals surface area contributed by atoms with Crippen molar-refractivity contribution in [3.63, 3.8) is 0 Å². The first kappa shape index (κ1) is 21.6. The van der Waals surface area contributed by atoms with Crippen LogP contribution in [0.2, 0.25) is 0 Å². The topological polar surface area (TPSA) is 75.7 Å². The zero-order chi connectivity index (χ0) is 22.2. The fourth-order valence-electron chi connectivity index (χ4n) is 4.75. The average Bonchev–Trinajstić information content (AvgIpc) is 3.22. The number of esters is 1. The van der Waals surface area contributed by atoms with E-state index in [1.165, 1.54) is 12.0 Å². The van der Waals surface area contributed by atoms with Crippen LogP contribution in [0.25, 0.3) is 0 Å². The number of anilines is 1. The third-order valence-electron chi connectivity index (χ3n) is 6.01. The smallest absolute Gasteiger partial charge is 0.323 e. The number of hydrogen-bond donors (Lipinski definition) is 1. The van der Waals surface area contributed by atoms with Gasteiger partial charge in [-0.3, -0.25) is 19.7 Å². The highest BCUT2D eigenvalue weighted by atomic mass is 32.2. The highest BCUT2D eigenvalue weighted by Crippen LogP contribution is 2.56. The van der Waals surface area contributed by atoms with Gasteiger partial charge in [-0.15, -0.1) is 0 Å². The molecule has 4 rings (SSSR count). The molecular weight excluding hydrogens is 412 g/mol. The molecule has 2 aromatic rings. The van der Waals surface area contributed by atoms with Gasteiger partial charge in [-0.05, 0) is 41.8 Å². The Hall–Kier alpha value is -2.64. The van der Waals surface area contributed by atoms with Crippen LogP contribution in [0.15, 0.2) is 60.7 Å². The Kier molecular flexibility index (Phi) is 5.90. The lowest BCUT2D eigenvalue weighted by Gasteiger charge is -2.33. The molecule has 0 saturated carbocycles. The summed E-state index contributed by atoms with van der Waals surface area (Å²) in [6, 6.07) is 17.3. The summed E-state index contributed by atoms with van der Waals surface area (Å²) < 4.78 is 3.95. The molecule has 0 aliphatic carbocycles. The second-order valence-corrected chi connectivity index (χ2v) is 9.60. The van der Waals surface area contributed by atoms with Gasteiger partial charge < -0.3 is 4.74 Å². The zero-order valence-electron chi connectivity index (χ0n) is 17.8. The Labute approximate surface area is 186 Å². The van der Waals surface area contributed by atoms with E-state index in [4.69, 9.17) is 4.74 Å². The zero-order valence-corrected chi connectivity index (χ0v) is 18.6. The monoisotopic (exact) mass is 438 g/mol. The minimum atomic E-state index is -1.14. The second kappa shape index (κ2) is 8.48. The van der Waals surface area contributed by atoms with Crippen molar-refractivity contribution in [1.29, 1.82) is 0 Å². The Morgan fingerprint density at radius 2 is 1.71 bits per heavy atom. The van der Waals surface area contributed by atoms with Gasteiger partial charge in [0.2, 0.25) is 0 Å². The van der Waals surface area contributed by atoms with E-state index in [-0.39, 0.29) is 23.1 Å². The third-order valence-corrected chi connectivity index (χ3v) is 7.41. The summed E-state index contributed by atoms with van der Waals surface area (Å²) in [7, 11) is 1.35. The highest BCUT2D eigenvalue weighted by molar-refractivity contribution is 8.16. The molecule has 2 heterocycles. The Morgan fingerprint density at radius 1 is 1.10 bits per heavy atom. The molecule has 31 heavy (non-hydrogen) atoms. The first-order valence-electron chi connectivity index (χ1n) is 10.4. The number of rotatable bonds is 5. The standard InChI is InChI=1S/C24H26N2O4S/c1-15(2)14-18-24(22(28)26(23(29)31-24)17-12-8-5-9-13-17)19(16-10-6-4-7-11-16)20(25-18)21(27)30-3/h4-13,15,18-20,25H,14H2,1-3H3/t18-,19+,20-,24-/m1/s1. The van der Waals surface area contributed by atoms with Crippen molar-refractivity contribution in [2.45, 2.75) is 43.0 Å². The van der Waals surface area contributed by atoms with E-state index >= 15 is 0 Å². The quantitative estimate of drug-likeness (QED) is 0.712. The number of ether oxygens (including phenoxy) is 1. The molecule has 7 heteroatoms. The molecule has 2 aliphatic heterocycles. The molecule has 6 nitrogen and oxygen atoms in total. The maximum Gasteiger partial charge on any atom is 0.323 e. The number of para-hydroxylation sites is 1. The van der Waals surface area contributed by atoms with Crippen molar-refractivity contribution in [3.05, 3.63) is 66.2 Å². The molecule has 0 unspecified atom stereocenters. The van der Waals surface area contributed by atoms with E-state index in [9.17, 15) is 14.4 Å². The van der Waals surface area contributed by atoms with Crippen LogP contribution in [0.3, 0.4) is 0 Å². The van der Waals surface area contributed by atoms with E-state index in [2.05, 4.69) is 19.2 Å². The number of nitrogens with one attached hydrogen (secondary N) is 1. The molecule has 0 radical (unpaired) electrons. The normalized spacial score (nSPS) is 28.0. The molecule has 1 N–H and O–H groups in total. The van der Waals surface area contributed by atoms with Crippen LogP contribution in [-0.2, 0) is 14.3 Å². The minimum absolute atomic E-state index is 0.261. The number of carbonyl (C=O) groups is 3. The summed E-state index contributed by atoms with van der Waals surface area (Å²) in [6.07, 6.45) is 0.644. The first-order valence-corrected chi connectivity index (χ1v) is 11.2. The van der Waals surface area contributed by atoms with E-state index in [0.29, 0.717) is 12.1 Å². The lowest BCUT2D eigenvalue weighted by atomic mass is 9.78. The van der Waals surface area contributed by atoms with Gasteiger partial charge in [-0.1, -0.05) is 62.4 Å². The molecule has 0 bridgehead atoms. The summed E-state index contributed by atoms with van der Waals surface area (Å²) in [5, 5.41) is 3.06. The number of hydrogen-bond acceptors (Lipinski definition) is 6. The number of methoxy groups -OCH3 is 1. The van der Waals surface area contributed by atoms with E-state index in [1.54, 1.807) is 24.3 Å². The Balaban J connectivity index is 1.88. The van der Waals surface area contributed by atoms with Gasteiger partial charge in [0.05, 0.1) is 12.8 Å². The van der Waals surface area contributed by atoms with E-state index in [0.717, 1.165) is 17.3 Å². The van der Waals surface area contributed by atoms with Crippen molar-refractivity contribution in [3.8, 4) is 0 Å². The third kappa shape index (κ3) is 3.55. The van der Waals surface area contributed by atoms with Crippen molar-refractivity contribution < 1.29 is 19.1 Å². The Morgan fingerprint density at radius 3 is 2.29 bits per heavy atom. The maximum absolute atomic E-state index is 14.1. The maximum atomic E-state index is 14.1. The van der Waals surface area contributed by atoms with Crippen LogP contribution in [0.4, 0.5) is 10.5 Å². The largest absolute Gasteiger partial charge is 0.468 e. The number of nitrogens with zero attached hydrogens (tertiary/aromatic N) is 1. The summed E-state index contributed by atoms with van der Waals surface area (Å²) in [4.78, 5) is 41.4. The van der Waals surface area contributed by atoms with E-state index < -0.39 is 22.7 Å². The van der Waals surface area contributed by atoms with E-state index in [1.807, 2.05) is 36.4 Å². The SMILES string of the molecule is COC(=O)[C@@H]1N[C@H](CC(C)C)[C@@]2(SC(=O)N(c3ccccc3)C2=O)[C@H]1c1ccccc1. The minimum Gasteiger partial charge on any atom is -0.468 e. The van der Waals surface area contributed by atoms with Gasteiger partial charge >= 0.3 is 5.97 Å². The van der Waals surface area contributed by atoms with Crippen molar-refractivity contribution in [1.82, 2.24) is 5.32 Å². The van der Waals surface area contributed by atoms with Gasteiger partial charge in [-0.25, -0.2) is 4.90 Å². The molecule has 4 atom stereocenters. The summed E-state index contributed by atoms with van der Waals surface area (Å²) in [6.45, 7) is 4.14. The molecule has 2 aliphatic rings. The molecule has 1 spiro atoms. The second-order valence-electron chi connectivity index (χ2n) is 8.38. The first-order chi connectivity index (χ1) is 14.9. The van der Waals surface area contributed by atoms with Crippen LogP contribution in [0, 0.1) is 5.92 Å². The van der Waals surface area contributed by atoms with Gasteiger partial charge in [0.25, 0.3) is 11.1 Å². The fraction of sp³-hybridized carbons (Fsp3) is 0.375. The van der Waals surface area contributed by atoms with Crippen LogP contribution in [0.5, 0.6) is 0 Å². The van der Waals surface area contributed by atoms with Gasteiger partial charge in [-0.2, -0.15) is 0 Å². The predicted octanol–water partition coefficient (Wildman–Crippen LogP) is 3.97. The molecule has 2 saturated heterocycles. The highest BCUT2D eigenvalue weighted by Gasteiger charge is 2.68. The molecule has 0 aromatic heterocycles. The summed E-state index contributed by atoms with van der Waals surface area (Å²) in [5.41, 5.74) is 1.37. The van der Waals surface area contributed by atoms with Crippen molar-refractivity contribution in [2.24, 2.45) is 5.92 Å². The molecule has 2 amide bonds. The number of carbonyl (C=O) groups excluding carboxylic acids is 3. The average molecular weight is 439 g/mol. The fourth-order valence-corrected chi connectivity index (χ4v) is 6.21. The van der Waals surface area contributed by atoms with Crippen LogP contribution >= 0.6 is 11.8 Å². The van der Waals surface area contributed by atoms with Crippen LogP contribution in [-0.4, -0.2) is 41.1 Å². The van der Waals surface area contributed by atoms with Crippen molar-refractivity contribution in [2.75, 3.05) is 12.0 Å². The lowest BCUT2D eigenvalue weighted by molar-refractivity contribution is -0.143. The van der Waals surface area contributed by atoms with Gasteiger partial charge in [0.15, 0.2) is 0 Å². The number of imide groups is 1. The summed E-state index contributed by atoms with van der Waals surface area (Å²) in [5.74, 6) is -0.998. The van der Waals surface area contributed by atoms with Gasteiger partial charge in [0, 0.05) is 12.0 Å².